The summed E-state index contributed by atoms with van der Waals surface area (Å²) in [6.07, 6.45) is 2.74. The molecule has 1 N–H and O–H groups in total. The molecule has 0 saturated heterocycles. The molecule has 0 aliphatic rings. The molecule has 0 radical (unpaired) electrons. The Kier molecular flexibility index (Phi) is 4.32. The summed E-state index contributed by atoms with van der Waals surface area (Å²) in [6.45, 7) is 5.14. The highest BCUT2D eigenvalue weighted by Crippen LogP contribution is 2.17. The number of hydrogen-bond donors (Lipinski definition) is 1. The smallest absolute Gasteiger partial charge is 0.408 e. The summed E-state index contributed by atoms with van der Waals surface area (Å²) in [6, 6.07) is 3.43. The van der Waals surface area contributed by atoms with Crippen LogP contribution < -0.4 is 5.32 Å². The lowest BCUT2D eigenvalue weighted by Crippen LogP contribution is -2.35. The first-order chi connectivity index (χ1) is 9.78. The molecule has 0 bridgehead atoms. The number of fused-ring (bicyclic) bond motifs is 1. The van der Waals surface area contributed by atoms with Gasteiger partial charge in [0.05, 0.1) is 16.7 Å². The zero-order valence-corrected chi connectivity index (χ0v) is 13.6. The highest BCUT2D eigenvalue weighted by atomic mass is 79.9. The number of ether oxygens (including phenoxy) is 1. The topological polar surface area (TPSA) is 72.7 Å². The first-order valence-corrected chi connectivity index (χ1v) is 7.19. The fourth-order valence-electron chi connectivity index (χ4n) is 1.76. The van der Waals surface area contributed by atoms with Crippen LogP contribution in [0.1, 0.15) is 31.1 Å². The maximum absolute atomic E-state index is 12.2. The number of imidazole rings is 1. The van der Waals surface area contributed by atoms with Crippen molar-refractivity contribution in [2.45, 2.75) is 26.4 Å². The number of hydrogen-bond acceptors (Lipinski definition) is 4. The maximum atomic E-state index is 12.2. The third-order valence-electron chi connectivity index (χ3n) is 2.59. The van der Waals surface area contributed by atoms with Crippen LogP contribution in [0.2, 0.25) is 0 Å². The van der Waals surface area contributed by atoms with Crippen LogP contribution in [0.5, 0.6) is 0 Å². The standard InChI is InChI=1S/C14H16BrN3O3/c1-14(2,3)21-13(20)17-8-10(19)9-4-5-11(15)18-7-6-16-12(9)18/h4-7H,8H2,1-3H3,(H,17,20). The van der Waals surface area contributed by atoms with Gasteiger partial charge in [0.2, 0.25) is 0 Å². The molecular weight excluding hydrogens is 338 g/mol. The number of nitrogens with zero attached hydrogens (tertiary/aromatic N) is 2. The van der Waals surface area contributed by atoms with Crippen molar-refractivity contribution < 1.29 is 14.3 Å². The molecule has 0 spiro atoms. The lowest BCUT2D eigenvalue weighted by atomic mass is 10.2. The van der Waals surface area contributed by atoms with Crippen molar-refractivity contribution in [1.29, 1.82) is 0 Å². The minimum Gasteiger partial charge on any atom is -0.444 e. The summed E-state index contributed by atoms with van der Waals surface area (Å²) in [5, 5.41) is 2.45. The Bertz CT molecular complexity index is 688. The summed E-state index contributed by atoms with van der Waals surface area (Å²) < 4.78 is 7.63. The van der Waals surface area contributed by atoms with Crippen LogP contribution in [0.15, 0.2) is 29.1 Å². The average molecular weight is 354 g/mol. The van der Waals surface area contributed by atoms with Crippen molar-refractivity contribution in [2.24, 2.45) is 0 Å². The molecule has 2 aromatic heterocycles. The van der Waals surface area contributed by atoms with Crippen molar-refractivity contribution in [1.82, 2.24) is 14.7 Å². The number of pyridine rings is 1. The van der Waals surface area contributed by atoms with E-state index in [-0.39, 0.29) is 12.3 Å². The molecule has 0 unspecified atom stereocenters. The first kappa shape index (κ1) is 15.5. The van der Waals surface area contributed by atoms with Crippen LogP contribution >= 0.6 is 15.9 Å². The Labute approximate surface area is 130 Å². The molecule has 1 amide bonds. The van der Waals surface area contributed by atoms with Crippen LogP contribution in [-0.4, -0.2) is 33.4 Å². The Morgan fingerprint density at radius 1 is 1.38 bits per heavy atom. The highest BCUT2D eigenvalue weighted by molar-refractivity contribution is 9.10. The molecule has 21 heavy (non-hydrogen) atoms. The molecule has 0 saturated carbocycles. The molecular formula is C14H16BrN3O3. The highest BCUT2D eigenvalue weighted by Gasteiger charge is 2.18. The Hall–Kier alpha value is -1.89. The van der Waals surface area contributed by atoms with Crippen LogP contribution in [0.3, 0.4) is 0 Å². The van der Waals surface area contributed by atoms with Gasteiger partial charge >= 0.3 is 6.09 Å². The molecule has 2 heterocycles. The van der Waals surface area contributed by atoms with Gasteiger partial charge in [0.25, 0.3) is 0 Å². The van der Waals surface area contributed by atoms with Crippen molar-refractivity contribution in [3.05, 3.63) is 34.7 Å². The van der Waals surface area contributed by atoms with E-state index in [4.69, 9.17) is 4.74 Å². The number of carbonyl (C=O) groups is 2. The first-order valence-electron chi connectivity index (χ1n) is 6.39. The number of ketones is 1. The molecule has 112 valence electrons. The van der Waals surface area contributed by atoms with E-state index in [0.717, 1.165) is 4.60 Å². The number of aromatic nitrogens is 2. The van der Waals surface area contributed by atoms with Crippen molar-refractivity contribution in [2.75, 3.05) is 6.54 Å². The number of halogens is 1. The number of Topliss-reactive ketones (excluding diaryl/α,β-unsaturated/α-hetero) is 1. The number of rotatable bonds is 3. The maximum Gasteiger partial charge on any atom is 0.408 e. The van der Waals surface area contributed by atoms with Gasteiger partial charge in [0.1, 0.15) is 11.2 Å². The van der Waals surface area contributed by atoms with E-state index in [1.54, 1.807) is 49.7 Å². The molecule has 0 aliphatic carbocycles. The summed E-state index contributed by atoms with van der Waals surface area (Å²) in [7, 11) is 0. The largest absolute Gasteiger partial charge is 0.444 e. The lowest BCUT2D eigenvalue weighted by Gasteiger charge is -2.19. The summed E-state index contributed by atoms with van der Waals surface area (Å²) in [5.74, 6) is -0.232. The summed E-state index contributed by atoms with van der Waals surface area (Å²) >= 11 is 3.38. The van der Waals surface area contributed by atoms with E-state index in [0.29, 0.717) is 11.2 Å². The minimum absolute atomic E-state index is 0.140. The summed E-state index contributed by atoms with van der Waals surface area (Å²) in [4.78, 5) is 27.9. The van der Waals surface area contributed by atoms with Gasteiger partial charge in [-0.25, -0.2) is 9.78 Å². The van der Waals surface area contributed by atoms with Crippen molar-refractivity contribution in [3.8, 4) is 0 Å². The average Bonchev–Trinajstić information content (AvgIpc) is 2.84. The molecule has 6 nitrogen and oxygen atoms in total. The third kappa shape index (κ3) is 3.81. The van der Waals surface area contributed by atoms with Gasteiger partial charge in [0, 0.05) is 12.4 Å². The monoisotopic (exact) mass is 353 g/mol. The Morgan fingerprint density at radius 2 is 2.10 bits per heavy atom. The van der Waals surface area contributed by atoms with E-state index >= 15 is 0 Å². The van der Waals surface area contributed by atoms with E-state index < -0.39 is 11.7 Å². The Morgan fingerprint density at radius 3 is 2.76 bits per heavy atom. The second kappa shape index (κ2) is 5.85. The second-order valence-corrected chi connectivity index (χ2v) is 6.28. The number of amides is 1. The SMILES string of the molecule is CC(C)(C)OC(=O)NCC(=O)c1ccc(Br)n2ccnc12. The molecule has 2 rings (SSSR count). The van der Waals surface area contributed by atoms with E-state index in [2.05, 4.69) is 26.2 Å². The van der Waals surface area contributed by atoms with Crippen molar-refractivity contribution in [3.63, 3.8) is 0 Å². The normalized spacial score (nSPS) is 11.4. The second-order valence-electron chi connectivity index (χ2n) is 5.47. The van der Waals surface area contributed by atoms with Gasteiger partial charge < -0.3 is 10.1 Å². The van der Waals surface area contributed by atoms with Crippen LogP contribution in [0.4, 0.5) is 4.79 Å². The number of carbonyl (C=O) groups excluding carboxylic acids is 2. The fraction of sp³-hybridized carbons (Fsp3) is 0.357. The molecule has 0 aromatic carbocycles. The van der Waals surface area contributed by atoms with Gasteiger partial charge in [0.15, 0.2) is 5.78 Å². The van der Waals surface area contributed by atoms with E-state index in [9.17, 15) is 9.59 Å². The number of nitrogens with one attached hydrogen (secondary N) is 1. The number of alkyl carbamates (subject to hydrolysis) is 1. The Balaban J connectivity index is 2.08. The van der Waals surface area contributed by atoms with Gasteiger partial charge in [-0.05, 0) is 48.8 Å². The predicted molar refractivity (Wildman–Crippen MR) is 81.5 cm³/mol. The van der Waals surface area contributed by atoms with Crippen LogP contribution in [-0.2, 0) is 4.74 Å². The minimum atomic E-state index is -0.618. The molecule has 7 heteroatoms. The molecule has 2 aromatic rings. The molecule has 0 aliphatic heterocycles. The van der Waals surface area contributed by atoms with Gasteiger partial charge in [-0.2, -0.15) is 0 Å². The van der Waals surface area contributed by atoms with E-state index in [1.807, 2.05) is 0 Å². The molecule has 0 fully saturated rings. The van der Waals surface area contributed by atoms with Crippen LogP contribution in [0.25, 0.3) is 5.65 Å². The third-order valence-corrected chi connectivity index (χ3v) is 3.24. The van der Waals surface area contributed by atoms with E-state index in [1.165, 1.54) is 0 Å². The lowest BCUT2D eigenvalue weighted by molar-refractivity contribution is 0.0520. The zero-order valence-electron chi connectivity index (χ0n) is 12.0. The zero-order chi connectivity index (χ0) is 15.6. The summed E-state index contributed by atoms with van der Waals surface area (Å²) in [5.41, 5.74) is 0.390. The van der Waals surface area contributed by atoms with Gasteiger partial charge in [-0.1, -0.05) is 0 Å². The predicted octanol–water partition coefficient (Wildman–Crippen LogP) is 2.80. The quantitative estimate of drug-likeness (QED) is 0.680. The fourth-order valence-corrected chi connectivity index (χ4v) is 2.18. The van der Waals surface area contributed by atoms with Crippen molar-refractivity contribution >= 4 is 33.5 Å². The van der Waals surface area contributed by atoms with Gasteiger partial charge in [-0.15, -0.1) is 0 Å². The van der Waals surface area contributed by atoms with Crippen LogP contribution in [0, 0.1) is 0 Å². The van der Waals surface area contributed by atoms with Gasteiger partial charge in [-0.3, -0.25) is 9.20 Å². The molecule has 0 atom stereocenters.